The van der Waals surface area contributed by atoms with E-state index in [1.165, 1.54) is 0 Å². The monoisotopic (exact) mass is 410 g/mol. The van der Waals surface area contributed by atoms with Crippen molar-refractivity contribution in [3.05, 3.63) is 65.2 Å². The highest BCUT2D eigenvalue weighted by Gasteiger charge is 2.29. The van der Waals surface area contributed by atoms with Gasteiger partial charge in [-0.25, -0.2) is 9.98 Å². The minimum atomic E-state index is -0.577. The number of nitrogens with one attached hydrogen (secondary N) is 2. The molecule has 1 aliphatic heterocycles. The molecule has 4 rings (SSSR count). The Labute approximate surface area is 178 Å². The van der Waals surface area contributed by atoms with Crippen molar-refractivity contribution in [3.8, 4) is 29.1 Å². The molecule has 2 heterocycles. The number of hydrogen-bond donors (Lipinski definition) is 4. The summed E-state index contributed by atoms with van der Waals surface area (Å²) in [6.07, 6.45) is 1.84. The van der Waals surface area contributed by atoms with Crippen LogP contribution in [0.1, 0.15) is 22.7 Å². The number of nitriles is 2. The summed E-state index contributed by atoms with van der Waals surface area (Å²) < 4.78 is 5.30. The summed E-state index contributed by atoms with van der Waals surface area (Å²) in [5, 5.41) is 23.8. The first-order valence-electron chi connectivity index (χ1n) is 9.29. The Balaban J connectivity index is 1.80. The zero-order chi connectivity index (χ0) is 22.0. The lowest BCUT2D eigenvalue weighted by atomic mass is 9.93. The summed E-state index contributed by atoms with van der Waals surface area (Å²) in [6.45, 7) is 0. The number of nitrogen functional groups attached to an aromatic ring is 2. The zero-order valence-corrected chi connectivity index (χ0v) is 16.5. The highest BCUT2D eigenvalue weighted by molar-refractivity contribution is 5.98. The summed E-state index contributed by atoms with van der Waals surface area (Å²) in [6, 6.07) is 16.9. The van der Waals surface area contributed by atoms with Crippen molar-refractivity contribution in [3.63, 3.8) is 0 Å². The van der Waals surface area contributed by atoms with Crippen molar-refractivity contribution in [2.75, 3.05) is 23.9 Å². The Morgan fingerprint density at radius 2 is 1.87 bits per heavy atom. The van der Waals surface area contributed by atoms with E-state index in [9.17, 15) is 5.26 Å². The van der Waals surface area contributed by atoms with Crippen LogP contribution in [-0.2, 0) is 0 Å². The van der Waals surface area contributed by atoms with Crippen LogP contribution in [0.2, 0.25) is 0 Å². The number of hydrogen-bond acceptors (Lipinski definition) is 9. The zero-order valence-electron chi connectivity index (χ0n) is 16.5. The first kappa shape index (κ1) is 19.6. The maximum Gasteiger partial charge on any atom is 0.211 e. The molecule has 0 radical (unpaired) electrons. The summed E-state index contributed by atoms with van der Waals surface area (Å²) in [4.78, 5) is 8.82. The van der Waals surface area contributed by atoms with Gasteiger partial charge in [0.15, 0.2) is 6.19 Å². The lowest BCUT2D eigenvalue weighted by molar-refractivity contribution is 0.415. The van der Waals surface area contributed by atoms with E-state index in [-0.39, 0.29) is 23.0 Å². The number of aliphatic imine (C=N–C) groups is 1. The number of ether oxygens (including phenoxy) is 1. The van der Waals surface area contributed by atoms with Gasteiger partial charge in [-0.05, 0) is 28.8 Å². The summed E-state index contributed by atoms with van der Waals surface area (Å²) in [7, 11) is 1.63. The second-order valence-corrected chi connectivity index (χ2v) is 6.76. The van der Waals surface area contributed by atoms with Gasteiger partial charge in [-0.15, -0.1) is 0 Å². The highest BCUT2D eigenvalue weighted by atomic mass is 16.5. The van der Waals surface area contributed by atoms with E-state index in [4.69, 9.17) is 21.5 Å². The third-order valence-corrected chi connectivity index (χ3v) is 4.99. The fourth-order valence-electron chi connectivity index (χ4n) is 3.48. The van der Waals surface area contributed by atoms with Gasteiger partial charge >= 0.3 is 0 Å². The Morgan fingerprint density at radius 3 is 2.55 bits per heavy atom. The number of anilines is 3. The molecule has 0 bridgehead atoms. The van der Waals surface area contributed by atoms with Crippen LogP contribution in [0.4, 0.5) is 17.3 Å². The largest absolute Gasteiger partial charge is 0.497 e. The quantitative estimate of drug-likeness (QED) is 0.379. The Hall–Kier alpha value is -4.76. The van der Waals surface area contributed by atoms with Crippen LogP contribution in [0.25, 0.3) is 11.1 Å². The van der Waals surface area contributed by atoms with Crippen LogP contribution < -0.4 is 26.8 Å². The lowest BCUT2D eigenvalue weighted by Gasteiger charge is -2.26. The number of fused-ring (bicyclic) bond motifs is 1. The van der Waals surface area contributed by atoms with Crippen molar-refractivity contribution in [1.82, 2.24) is 10.3 Å². The van der Waals surface area contributed by atoms with Crippen LogP contribution in [0, 0.1) is 22.8 Å². The van der Waals surface area contributed by atoms with Crippen LogP contribution >= 0.6 is 0 Å². The van der Waals surface area contributed by atoms with E-state index >= 15 is 0 Å². The Kier molecular flexibility index (Phi) is 5.00. The standard InChI is InChI=1S/C22H18N8O/c1-31-15-4-2-3-14(9-15)12-5-7-13(8-6-12)19-17-18(25)16(10-23)20(26)29-21(17)30-22(28-19)27-11-24/h2-9,19H,1H3,(H6,25,26,27,28,29,30). The molecule has 3 aromatic rings. The highest BCUT2D eigenvalue weighted by Crippen LogP contribution is 2.40. The number of guanidine groups is 1. The Morgan fingerprint density at radius 1 is 1.10 bits per heavy atom. The minimum absolute atomic E-state index is 0.0107. The van der Waals surface area contributed by atoms with E-state index in [0.29, 0.717) is 11.4 Å². The number of rotatable bonds is 3. The summed E-state index contributed by atoms with van der Waals surface area (Å²) in [5.41, 5.74) is 15.8. The van der Waals surface area contributed by atoms with E-state index < -0.39 is 6.04 Å². The normalized spacial score (nSPS) is 14.3. The van der Waals surface area contributed by atoms with Crippen molar-refractivity contribution in [2.24, 2.45) is 4.99 Å². The molecule has 0 amide bonds. The van der Waals surface area contributed by atoms with Gasteiger partial charge in [0.25, 0.3) is 0 Å². The third kappa shape index (κ3) is 3.52. The second-order valence-electron chi connectivity index (χ2n) is 6.76. The fourth-order valence-corrected chi connectivity index (χ4v) is 3.48. The molecular formula is C22H18N8O. The first-order chi connectivity index (χ1) is 15.0. The molecule has 1 unspecified atom stereocenters. The number of aromatic nitrogens is 1. The van der Waals surface area contributed by atoms with Crippen molar-refractivity contribution >= 4 is 23.3 Å². The van der Waals surface area contributed by atoms with E-state index in [0.717, 1.165) is 22.4 Å². The Bertz CT molecular complexity index is 1270. The van der Waals surface area contributed by atoms with Gasteiger partial charge in [-0.1, -0.05) is 36.4 Å². The lowest BCUT2D eigenvalue weighted by Crippen LogP contribution is -2.32. The average Bonchev–Trinajstić information content (AvgIpc) is 2.79. The maximum atomic E-state index is 9.43. The molecule has 1 atom stereocenters. The second kappa shape index (κ2) is 7.93. The van der Waals surface area contributed by atoms with Crippen molar-refractivity contribution in [2.45, 2.75) is 6.04 Å². The molecule has 31 heavy (non-hydrogen) atoms. The maximum absolute atomic E-state index is 9.43. The van der Waals surface area contributed by atoms with Gasteiger partial charge in [0.1, 0.15) is 35.1 Å². The molecule has 152 valence electrons. The van der Waals surface area contributed by atoms with Crippen molar-refractivity contribution < 1.29 is 4.74 Å². The number of nitrogens with zero attached hydrogens (tertiary/aromatic N) is 4. The molecule has 6 N–H and O–H groups in total. The van der Waals surface area contributed by atoms with Gasteiger partial charge in [-0.2, -0.15) is 10.5 Å². The third-order valence-electron chi connectivity index (χ3n) is 4.99. The number of methoxy groups -OCH3 is 1. The van der Waals surface area contributed by atoms with Crippen LogP contribution in [-0.4, -0.2) is 18.1 Å². The smallest absolute Gasteiger partial charge is 0.211 e. The predicted octanol–water partition coefficient (Wildman–Crippen LogP) is 2.73. The molecule has 0 saturated carbocycles. The molecular weight excluding hydrogens is 392 g/mol. The molecule has 1 aliphatic rings. The van der Waals surface area contributed by atoms with Gasteiger partial charge < -0.3 is 21.5 Å². The fraction of sp³-hybridized carbons (Fsp3) is 0.0909. The SMILES string of the molecule is COc1cccc(-c2ccc(C3N=C(NC#N)Nc4nc(N)c(C#N)c(N)c43)cc2)c1. The molecule has 0 fully saturated rings. The van der Waals surface area contributed by atoms with Crippen LogP contribution in [0.3, 0.4) is 0 Å². The molecule has 0 saturated heterocycles. The van der Waals surface area contributed by atoms with Crippen LogP contribution in [0.15, 0.2) is 53.5 Å². The first-order valence-corrected chi connectivity index (χ1v) is 9.29. The topological polar surface area (TPSA) is 158 Å². The molecule has 9 heteroatoms. The summed E-state index contributed by atoms with van der Waals surface area (Å²) in [5.74, 6) is 1.35. The van der Waals surface area contributed by atoms with E-state index in [1.54, 1.807) is 7.11 Å². The van der Waals surface area contributed by atoms with E-state index in [2.05, 4.69) is 20.6 Å². The average molecular weight is 410 g/mol. The van der Waals surface area contributed by atoms with Gasteiger partial charge in [0.05, 0.1) is 12.8 Å². The molecule has 1 aromatic heterocycles. The molecule has 9 nitrogen and oxygen atoms in total. The minimum Gasteiger partial charge on any atom is -0.497 e. The number of benzene rings is 2. The molecule has 0 aliphatic carbocycles. The summed E-state index contributed by atoms with van der Waals surface area (Å²) >= 11 is 0. The number of pyridine rings is 1. The van der Waals surface area contributed by atoms with Gasteiger partial charge in [0, 0.05) is 5.56 Å². The van der Waals surface area contributed by atoms with E-state index in [1.807, 2.05) is 60.8 Å². The predicted molar refractivity (Wildman–Crippen MR) is 118 cm³/mol. The number of nitrogens with two attached hydrogens (primary N) is 2. The van der Waals surface area contributed by atoms with Crippen LogP contribution in [0.5, 0.6) is 5.75 Å². The van der Waals surface area contributed by atoms with Gasteiger partial charge in [-0.3, -0.25) is 5.32 Å². The molecule has 2 aromatic carbocycles. The van der Waals surface area contributed by atoms with Gasteiger partial charge in [0.2, 0.25) is 5.96 Å². The van der Waals surface area contributed by atoms with Crippen molar-refractivity contribution in [1.29, 1.82) is 10.5 Å². The molecule has 0 spiro atoms.